The van der Waals surface area contributed by atoms with Gasteiger partial charge >= 0.3 is 4.83 Å². The SMILES string of the molecule is Cc1ccc(O)c2scc[n+]12. The van der Waals surface area contributed by atoms with Gasteiger partial charge in [0.15, 0.2) is 11.9 Å². The Kier molecular flexibility index (Phi) is 1.32. The third kappa shape index (κ3) is 0.886. The van der Waals surface area contributed by atoms with Crippen LogP contribution >= 0.6 is 11.3 Å². The summed E-state index contributed by atoms with van der Waals surface area (Å²) in [7, 11) is 0. The zero-order valence-electron chi connectivity index (χ0n) is 6.11. The predicted octanol–water partition coefficient (Wildman–Crippen LogP) is 1.50. The summed E-state index contributed by atoms with van der Waals surface area (Å²) in [5.41, 5.74) is 1.14. The van der Waals surface area contributed by atoms with E-state index < -0.39 is 0 Å². The molecular weight excluding hydrogens is 158 g/mol. The number of aromatic nitrogens is 1. The lowest BCUT2D eigenvalue weighted by atomic mass is 10.3. The fourth-order valence-corrected chi connectivity index (χ4v) is 1.91. The maximum Gasteiger partial charge on any atom is 0.309 e. The van der Waals surface area contributed by atoms with Crippen LogP contribution in [0.3, 0.4) is 0 Å². The van der Waals surface area contributed by atoms with E-state index in [4.69, 9.17) is 0 Å². The van der Waals surface area contributed by atoms with Crippen molar-refractivity contribution in [1.82, 2.24) is 0 Å². The van der Waals surface area contributed by atoms with Gasteiger partial charge in [-0.1, -0.05) is 11.3 Å². The number of hydrogen-bond acceptors (Lipinski definition) is 2. The lowest BCUT2D eigenvalue weighted by molar-refractivity contribution is -0.515. The van der Waals surface area contributed by atoms with Gasteiger partial charge in [0, 0.05) is 13.0 Å². The number of hydrogen-bond donors (Lipinski definition) is 1. The van der Waals surface area contributed by atoms with E-state index in [2.05, 4.69) is 0 Å². The Morgan fingerprint density at radius 2 is 2.27 bits per heavy atom. The van der Waals surface area contributed by atoms with Crippen molar-refractivity contribution >= 4 is 16.2 Å². The quantitative estimate of drug-likeness (QED) is 0.589. The van der Waals surface area contributed by atoms with E-state index in [1.54, 1.807) is 17.4 Å². The minimum Gasteiger partial charge on any atom is -0.502 e. The first kappa shape index (κ1) is 6.61. The molecule has 2 heterocycles. The average Bonchev–Trinajstić information content (AvgIpc) is 2.45. The van der Waals surface area contributed by atoms with Crippen molar-refractivity contribution in [3.8, 4) is 5.75 Å². The zero-order valence-corrected chi connectivity index (χ0v) is 6.93. The van der Waals surface area contributed by atoms with Crippen LogP contribution in [0.4, 0.5) is 0 Å². The van der Waals surface area contributed by atoms with Gasteiger partial charge in [-0.15, -0.1) is 0 Å². The summed E-state index contributed by atoms with van der Waals surface area (Å²) in [6.45, 7) is 2.01. The van der Waals surface area contributed by atoms with Crippen molar-refractivity contribution in [1.29, 1.82) is 0 Å². The Hall–Kier alpha value is -1.09. The van der Waals surface area contributed by atoms with E-state index in [1.165, 1.54) is 0 Å². The second-order valence-corrected chi connectivity index (χ2v) is 3.33. The van der Waals surface area contributed by atoms with Crippen LogP contribution in [0.25, 0.3) is 4.83 Å². The molecule has 0 atom stereocenters. The normalized spacial score (nSPS) is 10.6. The zero-order chi connectivity index (χ0) is 7.84. The average molecular weight is 166 g/mol. The minimum absolute atomic E-state index is 0.352. The Morgan fingerprint density at radius 3 is 3.00 bits per heavy atom. The predicted molar refractivity (Wildman–Crippen MR) is 43.9 cm³/mol. The van der Waals surface area contributed by atoms with Crippen molar-refractivity contribution < 1.29 is 9.51 Å². The smallest absolute Gasteiger partial charge is 0.309 e. The molecule has 2 nitrogen and oxygen atoms in total. The molecule has 0 fully saturated rings. The summed E-state index contributed by atoms with van der Waals surface area (Å²) in [4.78, 5) is 0.907. The molecule has 0 aliphatic carbocycles. The lowest BCUT2D eigenvalue weighted by Gasteiger charge is -1.89. The number of aryl methyl sites for hydroxylation is 1. The fourth-order valence-electron chi connectivity index (χ4n) is 1.09. The number of nitrogens with zero attached hydrogens (tertiary/aromatic N) is 1. The number of fused-ring (bicyclic) bond motifs is 1. The van der Waals surface area contributed by atoms with Crippen molar-refractivity contribution in [2.75, 3.05) is 0 Å². The van der Waals surface area contributed by atoms with Gasteiger partial charge in [0.2, 0.25) is 5.75 Å². The molecule has 2 rings (SSSR count). The summed E-state index contributed by atoms with van der Waals surface area (Å²) in [6.07, 6.45) is 1.95. The second kappa shape index (κ2) is 2.20. The Morgan fingerprint density at radius 1 is 1.45 bits per heavy atom. The Labute approximate surface area is 68.4 Å². The van der Waals surface area contributed by atoms with E-state index in [0.29, 0.717) is 5.75 Å². The van der Waals surface area contributed by atoms with Crippen LogP contribution in [0.5, 0.6) is 5.75 Å². The molecule has 0 bridgehead atoms. The number of aromatic hydroxyl groups is 1. The summed E-state index contributed by atoms with van der Waals surface area (Å²) in [5, 5.41) is 11.3. The standard InChI is InChI=1S/C8H7NOS/c1-6-2-3-7(10)8-9(6)4-5-11-8/h2-5H,1H3/p+1. The highest BCUT2D eigenvalue weighted by atomic mass is 32.1. The van der Waals surface area contributed by atoms with Gasteiger partial charge in [0.05, 0.1) is 5.38 Å². The molecule has 56 valence electrons. The van der Waals surface area contributed by atoms with Crippen LogP contribution in [0.15, 0.2) is 23.7 Å². The van der Waals surface area contributed by atoms with Crippen molar-refractivity contribution in [3.63, 3.8) is 0 Å². The lowest BCUT2D eigenvalue weighted by Crippen LogP contribution is -2.21. The van der Waals surface area contributed by atoms with Gasteiger partial charge in [-0.25, -0.2) is 0 Å². The molecule has 2 aromatic heterocycles. The first-order chi connectivity index (χ1) is 5.29. The van der Waals surface area contributed by atoms with Gasteiger partial charge < -0.3 is 5.11 Å². The molecular formula is C8H8NOS+. The fraction of sp³-hybridized carbons (Fsp3) is 0.125. The van der Waals surface area contributed by atoms with Crippen LogP contribution in [-0.2, 0) is 0 Å². The molecule has 0 saturated carbocycles. The summed E-state index contributed by atoms with van der Waals surface area (Å²) < 4.78 is 1.97. The Balaban J connectivity index is 2.96. The molecule has 0 aliphatic heterocycles. The first-order valence-corrected chi connectivity index (χ1v) is 4.24. The third-order valence-electron chi connectivity index (χ3n) is 1.69. The summed E-state index contributed by atoms with van der Waals surface area (Å²) in [6, 6.07) is 3.62. The van der Waals surface area contributed by atoms with Gasteiger partial charge in [-0.3, -0.25) is 0 Å². The molecule has 0 amide bonds. The highest BCUT2D eigenvalue weighted by molar-refractivity contribution is 7.15. The van der Waals surface area contributed by atoms with Gasteiger partial charge in [-0.05, 0) is 6.07 Å². The Bertz CT molecular complexity index is 358. The van der Waals surface area contributed by atoms with Crippen LogP contribution in [0.2, 0.25) is 0 Å². The van der Waals surface area contributed by atoms with Crippen LogP contribution < -0.4 is 4.40 Å². The van der Waals surface area contributed by atoms with Crippen molar-refractivity contribution in [2.45, 2.75) is 6.92 Å². The minimum atomic E-state index is 0.352. The van der Waals surface area contributed by atoms with Gasteiger partial charge in [0.1, 0.15) is 0 Å². The van der Waals surface area contributed by atoms with Gasteiger partial charge in [-0.2, -0.15) is 4.40 Å². The molecule has 0 spiro atoms. The molecule has 2 aromatic rings. The maximum atomic E-state index is 9.37. The van der Waals surface area contributed by atoms with Crippen LogP contribution in [0.1, 0.15) is 5.69 Å². The summed E-state index contributed by atoms with van der Waals surface area (Å²) >= 11 is 1.54. The molecule has 3 heteroatoms. The number of pyridine rings is 1. The topological polar surface area (TPSA) is 24.3 Å². The summed E-state index contributed by atoms with van der Waals surface area (Å²) in [5.74, 6) is 0.352. The molecule has 0 aromatic carbocycles. The van der Waals surface area contributed by atoms with E-state index in [0.717, 1.165) is 10.5 Å². The van der Waals surface area contributed by atoms with E-state index in [9.17, 15) is 5.11 Å². The van der Waals surface area contributed by atoms with E-state index in [-0.39, 0.29) is 0 Å². The monoisotopic (exact) mass is 166 g/mol. The molecule has 0 unspecified atom stereocenters. The molecule has 0 aliphatic rings. The molecule has 1 N–H and O–H groups in total. The van der Waals surface area contributed by atoms with E-state index >= 15 is 0 Å². The number of thiazole rings is 1. The third-order valence-corrected chi connectivity index (χ3v) is 2.58. The maximum absolute atomic E-state index is 9.37. The van der Waals surface area contributed by atoms with E-state index in [1.807, 2.05) is 29.0 Å². The molecule has 0 saturated heterocycles. The van der Waals surface area contributed by atoms with Crippen LogP contribution in [-0.4, -0.2) is 5.11 Å². The van der Waals surface area contributed by atoms with Crippen LogP contribution in [0, 0.1) is 6.92 Å². The van der Waals surface area contributed by atoms with Crippen molar-refractivity contribution in [3.05, 3.63) is 29.4 Å². The second-order valence-electron chi connectivity index (χ2n) is 2.44. The van der Waals surface area contributed by atoms with Crippen molar-refractivity contribution in [2.24, 2.45) is 0 Å². The molecule has 11 heavy (non-hydrogen) atoms. The van der Waals surface area contributed by atoms with Gasteiger partial charge in [0.25, 0.3) is 0 Å². The first-order valence-electron chi connectivity index (χ1n) is 3.36. The highest BCUT2D eigenvalue weighted by Crippen LogP contribution is 2.18. The number of rotatable bonds is 0. The largest absolute Gasteiger partial charge is 0.502 e. The highest BCUT2D eigenvalue weighted by Gasteiger charge is 2.10. The molecule has 0 radical (unpaired) electrons.